The highest BCUT2D eigenvalue weighted by molar-refractivity contribution is 7.40. The van der Waals surface area contributed by atoms with Crippen LogP contribution in [0.15, 0.2) is 0 Å². The summed E-state index contributed by atoms with van der Waals surface area (Å²) in [4.78, 5) is 0. The summed E-state index contributed by atoms with van der Waals surface area (Å²) in [6.07, 6.45) is 2.80. The van der Waals surface area contributed by atoms with Crippen molar-refractivity contribution in [3.05, 3.63) is 0 Å². The van der Waals surface area contributed by atoms with Crippen LogP contribution in [0, 0.1) is 0 Å². The Labute approximate surface area is 80.6 Å². The molecule has 0 rings (SSSR count). The predicted molar refractivity (Wildman–Crippen MR) is 65.2 cm³/mol. The maximum Gasteiger partial charge on any atom is 0.0412 e. The molecule has 0 radical (unpaired) electrons. The van der Waals surface area contributed by atoms with Crippen molar-refractivity contribution < 1.29 is 0 Å². The van der Waals surface area contributed by atoms with Crippen LogP contribution in [0.2, 0.25) is 38.3 Å². The molecule has 0 heterocycles. The summed E-state index contributed by atoms with van der Waals surface area (Å²) in [5.41, 5.74) is 0. The van der Waals surface area contributed by atoms with Gasteiger partial charge in [-0.15, -0.1) is 0 Å². The Bertz CT molecular complexity index is 112. The van der Waals surface area contributed by atoms with Gasteiger partial charge in [0.05, 0.1) is 0 Å². The van der Waals surface area contributed by atoms with Crippen LogP contribution in [0.25, 0.3) is 0 Å². The van der Waals surface area contributed by atoms with E-state index in [1.165, 1.54) is 12.8 Å². The summed E-state index contributed by atoms with van der Waals surface area (Å²) in [5.74, 6) is 0. The van der Waals surface area contributed by atoms with Crippen molar-refractivity contribution in [2.75, 3.05) is 0 Å². The smallest absolute Gasteiger partial charge is 0.0412 e. The van der Waals surface area contributed by atoms with Crippen molar-refractivity contribution >= 4 is 15.2 Å². The third-order valence-corrected chi connectivity index (χ3v) is 23.2. The topological polar surface area (TPSA) is 0 Å². The second-order valence-corrected chi connectivity index (χ2v) is 21.9. The van der Waals surface area contributed by atoms with Gasteiger partial charge in [-0.2, -0.15) is 0 Å². The monoisotopic (exact) mass is 202 g/mol. The fourth-order valence-electron chi connectivity index (χ4n) is 1.93. The van der Waals surface area contributed by atoms with Gasteiger partial charge in [-0.05, 0) is 0 Å². The molecule has 0 bridgehead atoms. The maximum atomic E-state index is 2.61. The van der Waals surface area contributed by atoms with Crippen molar-refractivity contribution in [2.45, 2.75) is 65.0 Å². The molecule has 74 valence electrons. The minimum atomic E-state index is -0.813. The zero-order chi connectivity index (χ0) is 9.83. The minimum absolute atomic E-state index is 0.813. The number of hydrogen-bond donors (Lipinski definition) is 0. The first-order valence-electron chi connectivity index (χ1n) is 5.37. The molecule has 0 aromatic carbocycles. The molecule has 0 aliphatic rings. The standard InChI is InChI=1S/C10H26Si2/c1-7-9-11(3,4)12(5,6)10-8-2/h7-10H2,1-6H3. The van der Waals surface area contributed by atoms with E-state index in [0.717, 1.165) is 0 Å². The molecule has 0 saturated heterocycles. The van der Waals surface area contributed by atoms with Crippen LogP contribution in [-0.2, 0) is 0 Å². The highest BCUT2D eigenvalue weighted by Crippen LogP contribution is 2.28. The largest absolute Gasteiger partial charge is 0.0713 e. The van der Waals surface area contributed by atoms with Crippen LogP contribution >= 0.6 is 0 Å². The highest BCUT2D eigenvalue weighted by atomic mass is 29.3. The van der Waals surface area contributed by atoms with Gasteiger partial charge < -0.3 is 0 Å². The SMILES string of the molecule is CCC[Si](C)(C)[Si](C)(C)CCC. The van der Waals surface area contributed by atoms with Crippen LogP contribution in [0.4, 0.5) is 0 Å². The minimum Gasteiger partial charge on any atom is -0.0713 e. The first kappa shape index (κ1) is 12.4. The van der Waals surface area contributed by atoms with E-state index in [-0.39, 0.29) is 0 Å². The lowest BCUT2D eigenvalue weighted by atomic mass is 10.6. The van der Waals surface area contributed by atoms with Gasteiger partial charge in [0, 0.05) is 15.2 Å². The second-order valence-electron chi connectivity index (χ2n) is 5.27. The Morgan fingerprint density at radius 1 is 0.667 bits per heavy atom. The van der Waals surface area contributed by atoms with Crippen LogP contribution in [-0.4, -0.2) is 15.2 Å². The zero-order valence-electron chi connectivity index (χ0n) is 9.83. The van der Waals surface area contributed by atoms with Crippen molar-refractivity contribution in [1.29, 1.82) is 0 Å². The van der Waals surface area contributed by atoms with Gasteiger partial charge in [0.15, 0.2) is 0 Å². The van der Waals surface area contributed by atoms with E-state index >= 15 is 0 Å². The number of rotatable bonds is 5. The van der Waals surface area contributed by atoms with Crippen LogP contribution < -0.4 is 0 Å². The van der Waals surface area contributed by atoms with E-state index < -0.39 is 15.2 Å². The van der Waals surface area contributed by atoms with Crippen molar-refractivity contribution in [3.8, 4) is 0 Å². The molecule has 0 amide bonds. The molecular weight excluding hydrogens is 176 g/mol. The summed E-state index contributed by atoms with van der Waals surface area (Å²) in [6.45, 7) is 15.1. The van der Waals surface area contributed by atoms with E-state index in [1.807, 2.05) is 0 Å². The molecule has 0 nitrogen and oxygen atoms in total. The molecule has 0 aromatic heterocycles. The summed E-state index contributed by atoms with van der Waals surface area (Å²) in [6, 6.07) is 3.10. The Morgan fingerprint density at radius 2 is 0.917 bits per heavy atom. The molecule has 2 heteroatoms. The highest BCUT2D eigenvalue weighted by Gasteiger charge is 2.38. The molecule has 0 aromatic rings. The molecule has 0 saturated carbocycles. The van der Waals surface area contributed by atoms with Gasteiger partial charge in [0.1, 0.15) is 0 Å². The third-order valence-electron chi connectivity index (χ3n) is 3.58. The molecular formula is C10H26Si2. The van der Waals surface area contributed by atoms with Gasteiger partial charge in [-0.25, -0.2) is 0 Å². The molecule has 0 spiro atoms. The normalized spacial score (nSPS) is 13.5. The van der Waals surface area contributed by atoms with Crippen LogP contribution in [0.5, 0.6) is 0 Å². The average Bonchev–Trinajstić information content (AvgIpc) is 1.86. The Morgan fingerprint density at radius 3 is 1.08 bits per heavy atom. The quantitative estimate of drug-likeness (QED) is 0.583. The van der Waals surface area contributed by atoms with Gasteiger partial charge in [-0.3, -0.25) is 0 Å². The summed E-state index contributed by atoms with van der Waals surface area (Å²) < 4.78 is 0. The lowest BCUT2D eigenvalue weighted by molar-refractivity contribution is 1.03. The Hall–Kier alpha value is 0.434. The average molecular weight is 202 g/mol. The second kappa shape index (κ2) is 4.61. The predicted octanol–water partition coefficient (Wildman–Crippen LogP) is 4.30. The fraction of sp³-hybridized carbons (Fsp3) is 1.00. The summed E-state index contributed by atoms with van der Waals surface area (Å²) >= 11 is 0. The fourth-order valence-corrected chi connectivity index (χ4v) is 11.3. The van der Waals surface area contributed by atoms with Crippen molar-refractivity contribution in [2.24, 2.45) is 0 Å². The van der Waals surface area contributed by atoms with E-state index in [1.54, 1.807) is 12.1 Å². The van der Waals surface area contributed by atoms with Gasteiger partial charge in [0.25, 0.3) is 0 Å². The van der Waals surface area contributed by atoms with Gasteiger partial charge >= 0.3 is 0 Å². The molecule has 0 fully saturated rings. The Balaban J connectivity index is 4.28. The van der Waals surface area contributed by atoms with E-state index in [4.69, 9.17) is 0 Å². The molecule has 12 heavy (non-hydrogen) atoms. The summed E-state index contributed by atoms with van der Waals surface area (Å²) in [7, 11) is -1.63. The van der Waals surface area contributed by atoms with E-state index in [9.17, 15) is 0 Å². The van der Waals surface area contributed by atoms with Crippen LogP contribution in [0.1, 0.15) is 26.7 Å². The number of hydrogen-bond acceptors (Lipinski definition) is 0. The zero-order valence-corrected chi connectivity index (χ0v) is 11.8. The van der Waals surface area contributed by atoms with Crippen molar-refractivity contribution in [1.82, 2.24) is 0 Å². The molecule has 0 unspecified atom stereocenters. The molecule has 0 N–H and O–H groups in total. The van der Waals surface area contributed by atoms with Gasteiger partial charge in [-0.1, -0.05) is 65.0 Å². The summed E-state index contributed by atoms with van der Waals surface area (Å²) in [5, 5.41) is 0. The van der Waals surface area contributed by atoms with Crippen LogP contribution in [0.3, 0.4) is 0 Å². The third kappa shape index (κ3) is 3.06. The molecule has 0 aliphatic heterocycles. The van der Waals surface area contributed by atoms with Crippen molar-refractivity contribution in [3.63, 3.8) is 0 Å². The van der Waals surface area contributed by atoms with Gasteiger partial charge in [0.2, 0.25) is 0 Å². The molecule has 0 aliphatic carbocycles. The lowest BCUT2D eigenvalue weighted by Crippen LogP contribution is -2.54. The molecule has 0 atom stereocenters. The first-order valence-corrected chi connectivity index (χ1v) is 12.8. The Kier molecular flexibility index (Phi) is 4.78. The first-order chi connectivity index (χ1) is 5.37. The lowest BCUT2D eigenvalue weighted by Gasteiger charge is -2.38. The van der Waals surface area contributed by atoms with E-state index in [2.05, 4.69) is 40.0 Å². The van der Waals surface area contributed by atoms with E-state index in [0.29, 0.717) is 0 Å². The maximum absolute atomic E-state index is 2.61.